The van der Waals surface area contributed by atoms with Gasteiger partial charge in [-0.15, -0.1) is 0 Å². The highest BCUT2D eigenvalue weighted by Gasteiger charge is 2.31. The standard InChI is InChI=1S/C14H21N3OS/c1-17(12-4-3-5-13(12)19-2)14(18)16-10-11-6-8-15-9-7-11/h6-9,12-13H,3-5,10H2,1-2H3,(H,16,18)/t12-,13+/m1/s1. The Morgan fingerprint density at radius 2 is 2.21 bits per heavy atom. The molecule has 1 aromatic heterocycles. The van der Waals surface area contributed by atoms with Gasteiger partial charge >= 0.3 is 6.03 Å². The number of rotatable bonds is 4. The summed E-state index contributed by atoms with van der Waals surface area (Å²) in [6, 6.07) is 4.22. The fraction of sp³-hybridized carbons (Fsp3) is 0.571. The lowest BCUT2D eigenvalue weighted by atomic mass is 10.2. The topological polar surface area (TPSA) is 45.2 Å². The number of aromatic nitrogens is 1. The molecule has 1 saturated carbocycles. The molecule has 4 nitrogen and oxygen atoms in total. The van der Waals surface area contributed by atoms with Crippen LogP contribution < -0.4 is 5.32 Å². The fourth-order valence-electron chi connectivity index (χ4n) is 2.58. The van der Waals surface area contributed by atoms with Crippen molar-refractivity contribution in [3.8, 4) is 0 Å². The van der Waals surface area contributed by atoms with Gasteiger partial charge in [0.15, 0.2) is 0 Å². The molecule has 104 valence electrons. The molecule has 1 aliphatic rings. The predicted molar refractivity (Wildman–Crippen MR) is 79.2 cm³/mol. The normalized spacial score (nSPS) is 22.2. The van der Waals surface area contributed by atoms with Crippen LogP contribution in [-0.4, -0.2) is 40.5 Å². The van der Waals surface area contributed by atoms with Crippen molar-refractivity contribution in [3.05, 3.63) is 30.1 Å². The van der Waals surface area contributed by atoms with Crippen molar-refractivity contribution < 1.29 is 4.79 Å². The highest BCUT2D eigenvalue weighted by Crippen LogP contribution is 2.31. The lowest BCUT2D eigenvalue weighted by Gasteiger charge is -2.29. The van der Waals surface area contributed by atoms with E-state index >= 15 is 0 Å². The third-order valence-corrected chi connectivity index (χ3v) is 4.89. The number of hydrogen-bond donors (Lipinski definition) is 1. The second-order valence-electron chi connectivity index (χ2n) is 4.90. The molecule has 0 aliphatic heterocycles. The van der Waals surface area contributed by atoms with E-state index in [4.69, 9.17) is 0 Å². The van der Waals surface area contributed by atoms with E-state index in [0.717, 1.165) is 12.0 Å². The third-order valence-electron chi connectivity index (χ3n) is 3.73. The van der Waals surface area contributed by atoms with E-state index in [0.29, 0.717) is 17.8 Å². The first kappa shape index (κ1) is 14.2. The molecule has 0 bridgehead atoms. The molecule has 2 amide bonds. The zero-order chi connectivity index (χ0) is 13.7. The lowest BCUT2D eigenvalue weighted by Crippen LogP contribution is -2.45. The second kappa shape index (κ2) is 6.80. The van der Waals surface area contributed by atoms with Crippen LogP contribution >= 0.6 is 11.8 Å². The van der Waals surface area contributed by atoms with E-state index in [9.17, 15) is 4.79 Å². The van der Waals surface area contributed by atoms with Gasteiger partial charge in [0.25, 0.3) is 0 Å². The Hall–Kier alpha value is -1.23. The zero-order valence-electron chi connectivity index (χ0n) is 11.5. The second-order valence-corrected chi connectivity index (χ2v) is 5.97. The van der Waals surface area contributed by atoms with Crippen LogP contribution in [0.3, 0.4) is 0 Å². The van der Waals surface area contributed by atoms with Crippen LogP contribution in [0.4, 0.5) is 4.79 Å². The number of carbonyl (C=O) groups is 1. The highest BCUT2D eigenvalue weighted by molar-refractivity contribution is 7.99. The van der Waals surface area contributed by atoms with E-state index in [1.807, 2.05) is 35.8 Å². The summed E-state index contributed by atoms with van der Waals surface area (Å²) in [4.78, 5) is 18.0. The molecule has 1 aliphatic carbocycles. The Bertz CT molecular complexity index is 412. The molecular weight excluding hydrogens is 258 g/mol. The van der Waals surface area contributed by atoms with Crippen LogP contribution in [0, 0.1) is 0 Å². The van der Waals surface area contributed by atoms with E-state index < -0.39 is 0 Å². The Labute approximate surface area is 119 Å². The van der Waals surface area contributed by atoms with Crippen molar-refractivity contribution in [3.63, 3.8) is 0 Å². The number of amides is 2. The average Bonchev–Trinajstić information content (AvgIpc) is 2.93. The van der Waals surface area contributed by atoms with Gasteiger partial charge in [0.05, 0.1) is 0 Å². The van der Waals surface area contributed by atoms with Gasteiger partial charge in [-0.1, -0.05) is 6.42 Å². The quantitative estimate of drug-likeness (QED) is 0.921. The molecule has 2 rings (SSSR count). The summed E-state index contributed by atoms with van der Waals surface area (Å²) < 4.78 is 0. The number of hydrogen-bond acceptors (Lipinski definition) is 3. The van der Waals surface area contributed by atoms with Gasteiger partial charge < -0.3 is 10.2 Å². The van der Waals surface area contributed by atoms with Crippen molar-refractivity contribution in [2.24, 2.45) is 0 Å². The number of thioether (sulfide) groups is 1. The summed E-state index contributed by atoms with van der Waals surface area (Å²) in [5.74, 6) is 0. The van der Waals surface area contributed by atoms with Crippen molar-refractivity contribution in [2.45, 2.75) is 37.1 Å². The molecule has 0 radical (unpaired) electrons. The molecule has 0 aromatic carbocycles. The van der Waals surface area contributed by atoms with Crippen molar-refractivity contribution in [1.82, 2.24) is 15.2 Å². The largest absolute Gasteiger partial charge is 0.334 e. The number of urea groups is 1. The number of nitrogens with zero attached hydrogens (tertiary/aromatic N) is 2. The monoisotopic (exact) mass is 279 g/mol. The van der Waals surface area contributed by atoms with Gasteiger partial charge in [-0.2, -0.15) is 11.8 Å². The maximum Gasteiger partial charge on any atom is 0.317 e. The Balaban J connectivity index is 1.85. The van der Waals surface area contributed by atoms with Crippen LogP contribution in [0.1, 0.15) is 24.8 Å². The average molecular weight is 279 g/mol. The predicted octanol–water partition coefficient (Wildman–Crippen LogP) is 2.51. The van der Waals surface area contributed by atoms with E-state index in [2.05, 4.69) is 16.6 Å². The molecule has 2 atom stereocenters. The van der Waals surface area contributed by atoms with Crippen molar-refractivity contribution in [1.29, 1.82) is 0 Å². The summed E-state index contributed by atoms with van der Waals surface area (Å²) in [6.45, 7) is 0.558. The molecule has 0 unspecified atom stereocenters. The third kappa shape index (κ3) is 3.62. The van der Waals surface area contributed by atoms with Gasteiger partial charge in [0.1, 0.15) is 0 Å². The first-order chi connectivity index (χ1) is 9.22. The minimum atomic E-state index is 0.0164. The van der Waals surface area contributed by atoms with Crippen LogP contribution in [0.5, 0.6) is 0 Å². The molecule has 0 saturated heterocycles. The fourth-order valence-corrected chi connectivity index (χ4v) is 3.61. The van der Waals surface area contributed by atoms with E-state index in [1.54, 1.807) is 12.4 Å². The van der Waals surface area contributed by atoms with Crippen LogP contribution in [-0.2, 0) is 6.54 Å². The Kier molecular flexibility index (Phi) is 5.07. The molecule has 1 heterocycles. The number of carbonyl (C=O) groups excluding carboxylic acids is 1. The van der Waals surface area contributed by atoms with Gasteiger partial charge in [-0.25, -0.2) is 4.79 Å². The minimum Gasteiger partial charge on any atom is -0.334 e. The first-order valence-corrected chi connectivity index (χ1v) is 7.93. The Morgan fingerprint density at radius 1 is 1.47 bits per heavy atom. The van der Waals surface area contributed by atoms with Crippen LogP contribution in [0.2, 0.25) is 0 Å². The summed E-state index contributed by atoms with van der Waals surface area (Å²) in [5.41, 5.74) is 1.07. The highest BCUT2D eigenvalue weighted by atomic mass is 32.2. The molecule has 1 fully saturated rings. The molecule has 1 aromatic rings. The van der Waals surface area contributed by atoms with Gasteiger partial charge in [-0.05, 0) is 36.8 Å². The summed E-state index contributed by atoms with van der Waals surface area (Å²) in [5, 5.41) is 3.55. The minimum absolute atomic E-state index is 0.0164. The van der Waals surface area contributed by atoms with Gasteiger partial charge in [0, 0.05) is 37.3 Å². The zero-order valence-corrected chi connectivity index (χ0v) is 12.3. The molecule has 5 heteroatoms. The maximum absolute atomic E-state index is 12.2. The SMILES string of the molecule is CS[C@H]1CCC[C@H]1N(C)C(=O)NCc1ccncc1. The van der Waals surface area contributed by atoms with E-state index in [-0.39, 0.29) is 6.03 Å². The molecular formula is C14H21N3OS. The van der Waals surface area contributed by atoms with Gasteiger partial charge in [0.2, 0.25) is 0 Å². The lowest BCUT2D eigenvalue weighted by molar-refractivity contribution is 0.191. The molecule has 19 heavy (non-hydrogen) atoms. The van der Waals surface area contributed by atoms with Crippen molar-refractivity contribution >= 4 is 17.8 Å². The summed E-state index contributed by atoms with van der Waals surface area (Å²) in [7, 11) is 1.90. The van der Waals surface area contributed by atoms with Crippen molar-refractivity contribution in [2.75, 3.05) is 13.3 Å². The maximum atomic E-state index is 12.2. The molecule has 0 spiro atoms. The first-order valence-electron chi connectivity index (χ1n) is 6.64. The van der Waals surface area contributed by atoms with Crippen LogP contribution in [0.25, 0.3) is 0 Å². The van der Waals surface area contributed by atoms with Gasteiger partial charge in [-0.3, -0.25) is 4.98 Å². The molecule has 1 N–H and O–H groups in total. The Morgan fingerprint density at radius 3 is 2.89 bits per heavy atom. The van der Waals surface area contributed by atoms with E-state index in [1.165, 1.54) is 12.8 Å². The number of nitrogens with one attached hydrogen (secondary N) is 1. The smallest absolute Gasteiger partial charge is 0.317 e. The summed E-state index contributed by atoms with van der Waals surface area (Å²) in [6.07, 6.45) is 9.17. The van der Waals surface area contributed by atoms with Crippen LogP contribution in [0.15, 0.2) is 24.5 Å². The summed E-state index contributed by atoms with van der Waals surface area (Å²) >= 11 is 1.87. The number of pyridine rings is 1.